The number of aryl methyl sites for hydroxylation is 2. The summed E-state index contributed by atoms with van der Waals surface area (Å²) in [6.45, 7) is 4.28. The smallest absolute Gasteiger partial charge is 0.286 e. The van der Waals surface area contributed by atoms with Crippen molar-refractivity contribution in [3.63, 3.8) is 0 Å². The van der Waals surface area contributed by atoms with Crippen molar-refractivity contribution in [1.29, 1.82) is 0 Å². The summed E-state index contributed by atoms with van der Waals surface area (Å²) in [7, 11) is 0. The van der Waals surface area contributed by atoms with E-state index in [1.165, 1.54) is 23.1 Å². The van der Waals surface area contributed by atoms with Gasteiger partial charge in [-0.3, -0.25) is 14.7 Å². The molecule has 0 bridgehead atoms. The van der Waals surface area contributed by atoms with E-state index in [0.717, 1.165) is 22.5 Å². The van der Waals surface area contributed by atoms with Gasteiger partial charge in [0.05, 0.1) is 11.9 Å². The molecule has 0 spiro atoms. The molecule has 146 valence electrons. The second-order valence-corrected chi connectivity index (χ2v) is 8.11. The first-order chi connectivity index (χ1) is 13.5. The Hall–Kier alpha value is -2.72. The standard InChI is InChI=1S/C18H20N6O2S2/c1-11-5-3-4-6-14(11)21-17(26)18-24-23-16(28-18)10-27-9-15(25)19-7-13-8-20-22-12(13)2/h3-6,8H,7,9-10H2,1-2H3,(H,19,25)(H,20,22)(H,21,26). The van der Waals surface area contributed by atoms with Crippen LogP contribution < -0.4 is 10.6 Å². The van der Waals surface area contributed by atoms with Gasteiger partial charge in [-0.25, -0.2) is 0 Å². The lowest BCUT2D eigenvalue weighted by molar-refractivity contribution is -0.118. The zero-order valence-corrected chi connectivity index (χ0v) is 17.1. The molecule has 2 amide bonds. The molecular weight excluding hydrogens is 396 g/mol. The Kier molecular flexibility index (Phi) is 6.77. The molecule has 0 aliphatic carbocycles. The predicted octanol–water partition coefficient (Wildman–Crippen LogP) is 2.68. The van der Waals surface area contributed by atoms with Crippen molar-refractivity contribution >= 4 is 40.6 Å². The van der Waals surface area contributed by atoms with E-state index in [2.05, 4.69) is 31.0 Å². The number of rotatable bonds is 8. The van der Waals surface area contributed by atoms with E-state index in [4.69, 9.17) is 0 Å². The molecule has 0 atom stereocenters. The highest BCUT2D eigenvalue weighted by Gasteiger charge is 2.14. The molecule has 3 rings (SSSR count). The third-order valence-electron chi connectivity index (χ3n) is 3.92. The van der Waals surface area contributed by atoms with E-state index in [9.17, 15) is 9.59 Å². The average Bonchev–Trinajstić information content (AvgIpc) is 3.31. The zero-order chi connectivity index (χ0) is 19.9. The molecule has 0 aliphatic rings. The monoisotopic (exact) mass is 416 g/mol. The Bertz CT molecular complexity index is 968. The molecule has 0 aliphatic heterocycles. The van der Waals surface area contributed by atoms with Crippen LogP contribution in [0, 0.1) is 13.8 Å². The number of anilines is 1. The highest BCUT2D eigenvalue weighted by molar-refractivity contribution is 7.99. The summed E-state index contributed by atoms with van der Waals surface area (Å²) in [5, 5.41) is 21.4. The maximum Gasteiger partial charge on any atom is 0.286 e. The molecule has 0 radical (unpaired) electrons. The van der Waals surface area contributed by atoms with Gasteiger partial charge >= 0.3 is 0 Å². The lowest BCUT2D eigenvalue weighted by Gasteiger charge is -2.05. The first-order valence-electron chi connectivity index (χ1n) is 8.55. The van der Waals surface area contributed by atoms with Gasteiger partial charge in [0.1, 0.15) is 5.01 Å². The highest BCUT2D eigenvalue weighted by Crippen LogP contribution is 2.19. The van der Waals surface area contributed by atoms with Crippen molar-refractivity contribution in [3.05, 3.63) is 57.3 Å². The number of para-hydroxylation sites is 1. The van der Waals surface area contributed by atoms with Crippen molar-refractivity contribution in [2.24, 2.45) is 0 Å². The summed E-state index contributed by atoms with van der Waals surface area (Å²) in [6.07, 6.45) is 1.70. The van der Waals surface area contributed by atoms with E-state index >= 15 is 0 Å². The van der Waals surface area contributed by atoms with Gasteiger partial charge < -0.3 is 10.6 Å². The largest absolute Gasteiger partial charge is 0.351 e. The number of carbonyl (C=O) groups is 2. The van der Waals surface area contributed by atoms with Crippen molar-refractivity contribution in [1.82, 2.24) is 25.7 Å². The molecule has 3 N–H and O–H groups in total. The van der Waals surface area contributed by atoms with Crippen molar-refractivity contribution in [2.45, 2.75) is 26.1 Å². The number of thioether (sulfide) groups is 1. The van der Waals surface area contributed by atoms with Gasteiger partial charge in [0.25, 0.3) is 5.91 Å². The lowest BCUT2D eigenvalue weighted by Crippen LogP contribution is -2.24. The van der Waals surface area contributed by atoms with Crippen LogP contribution in [0.2, 0.25) is 0 Å². The molecule has 2 aromatic heterocycles. The van der Waals surface area contributed by atoms with Crippen LogP contribution in [-0.2, 0) is 17.1 Å². The normalized spacial score (nSPS) is 10.6. The van der Waals surface area contributed by atoms with Crippen LogP contribution in [0.4, 0.5) is 5.69 Å². The topological polar surface area (TPSA) is 113 Å². The molecule has 2 heterocycles. The molecule has 10 heteroatoms. The van der Waals surface area contributed by atoms with E-state index in [0.29, 0.717) is 28.1 Å². The van der Waals surface area contributed by atoms with Crippen molar-refractivity contribution < 1.29 is 9.59 Å². The number of hydrogen-bond acceptors (Lipinski definition) is 7. The second kappa shape index (κ2) is 9.47. The van der Waals surface area contributed by atoms with Crippen molar-refractivity contribution in [3.8, 4) is 0 Å². The molecule has 0 fully saturated rings. The fourth-order valence-electron chi connectivity index (χ4n) is 2.32. The van der Waals surface area contributed by atoms with Crippen LogP contribution >= 0.6 is 23.1 Å². The van der Waals surface area contributed by atoms with Gasteiger partial charge in [-0.05, 0) is 25.5 Å². The first kappa shape index (κ1) is 20.0. The number of aromatic nitrogens is 4. The number of benzene rings is 1. The SMILES string of the molecule is Cc1ccccc1NC(=O)c1nnc(CSCC(=O)NCc2cn[nH]c2C)s1. The fraction of sp³-hybridized carbons (Fsp3) is 0.278. The van der Waals surface area contributed by atoms with Crippen molar-refractivity contribution in [2.75, 3.05) is 11.1 Å². The Morgan fingerprint density at radius 1 is 1.21 bits per heavy atom. The van der Waals surface area contributed by atoms with Gasteiger partial charge in [-0.1, -0.05) is 29.5 Å². The van der Waals surface area contributed by atoms with Crippen LogP contribution in [0.15, 0.2) is 30.5 Å². The summed E-state index contributed by atoms with van der Waals surface area (Å²) in [6, 6.07) is 7.55. The summed E-state index contributed by atoms with van der Waals surface area (Å²) in [5.74, 6) is 0.484. The van der Waals surface area contributed by atoms with Gasteiger partial charge in [-0.15, -0.1) is 22.0 Å². The third-order valence-corrected chi connectivity index (χ3v) is 5.97. The number of nitrogens with zero attached hydrogens (tertiary/aromatic N) is 3. The molecule has 1 aromatic carbocycles. The Labute approximate surface area is 170 Å². The Balaban J connectivity index is 1.43. The van der Waals surface area contributed by atoms with Crippen LogP contribution in [0.1, 0.15) is 31.6 Å². The average molecular weight is 417 g/mol. The first-order valence-corrected chi connectivity index (χ1v) is 10.5. The van der Waals surface area contributed by atoms with E-state index in [1.54, 1.807) is 6.20 Å². The number of carbonyl (C=O) groups excluding carboxylic acids is 2. The van der Waals surface area contributed by atoms with Crippen LogP contribution in [0.25, 0.3) is 0 Å². The zero-order valence-electron chi connectivity index (χ0n) is 15.5. The number of hydrogen-bond donors (Lipinski definition) is 3. The minimum absolute atomic E-state index is 0.0624. The number of H-pyrrole nitrogens is 1. The maximum absolute atomic E-state index is 12.3. The molecule has 3 aromatic rings. The summed E-state index contributed by atoms with van der Waals surface area (Å²) in [5.41, 5.74) is 3.64. The molecule has 8 nitrogen and oxygen atoms in total. The van der Waals surface area contributed by atoms with E-state index in [-0.39, 0.29) is 11.8 Å². The highest BCUT2D eigenvalue weighted by atomic mass is 32.2. The van der Waals surface area contributed by atoms with Gasteiger partial charge in [0.2, 0.25) is 10.9 Å². The quantitative estimate of drug-likeness (QED) is 0.520. The van der Waals surface area contributed by atoms with Crippen LogP contribution in [-0.4, -0.2) is 38.0 Å². The van der Waals surface area contributed by atoms with Gasteiger partial charge in [0.15, 0.2) is 0 Å². The lowest BCUT2D eigenvalue weighted by atomic mass is 10.2. The molecule has 0 saturated carbocycles. The summed E-state index contributed by atoms with van der Waals surface area (Å²) >= 11 is 2.66. The molecule has 0 unspecified atom stereocenters. The molecular formula is C18H20N6O2S2. The second-order valence-electron chi connectivity index (χ2n) is 6.06. The Morgan fingerprint density at radius 3 is 2.79 bits per heavy atom. The maximum atomic E-state index is 12.3. The summed E-state index contributed by atoms with van der Waals surface area (Å²) < 4.78 is 0. The summed E-state index contributed by atoms with van der Waals surface area (Å²) in [4.78, 5) is 24.2. The minimum Gasteiger partial charge on any atom is -0.351 e. The van der Waals surface area contributed by atoms with Gasteiger partial charge in [0, 0.05) is 29.2 Å². The van der Waals surface area contributed by atoms with E-state index < -0.39 is 0 Å². The Morgan fingerprint density at radius 2 is 2.04 bits per heavy atom. The number of amides is 2. The van der Waals surface area contributed by atoms with Crippen LogP contribution in [0.5, 0.6) is 0 Å². The van der Waals surface area contributed by atoms with Gasteiger partial charge in [-0.2, -0.15) is 5.10 Å². The number of aromatic amines is 1. The van der Waals surface area contributed by atoms with E-state index in [1.807, 2.05) is 38.1 Å². The third kappa shape index (κ3) is 5.40. The fourth-order valence-corrected chi connectivity index (χ4v) is 3.96. The molecule has 0 saturated heterocycles. The van der Waals surface area contributed by atoms with Crippen LogP contribution in [0.3, 0.4) is 0 Å². The predicted molar refractivity (Wildman–Crippen MR) is 110 cm³/mol. The number of nitrogens with one attached hydrogen (secondary N) is 3. The molecule has 28 heavy (non-hydrogen) atoms. The minimum atomic E-state index is -0.281.